The van der Waals surface area contributed by atoms with E-state index in [1.807, 2.05) is 12.4 Å². The van der Waals surface area contributed by atoms with Gasteiger partial charge in [-0.25, -0.2) is 9.97 Å². The summed E-state index contributed by atoms with van der Waals surface area (Å²) in [7, 11) is 0. The van der Waals surface area contributed by atoms with Crippen molar-refractivity contribution < 1.29 is 0 Å². The molecule has 0 bridgehead atoms. The summed E-state index contributed by atoms with van der Waals surface area (Å²) in [6.07, 6.45) is 24.0. The van der Waals surface area contributed by atoms with E-state index in [1.165, 1.54) is 89.0 Å². The van der Waals surface area contributed by atoms with E-state index in [2.05, 4.69) is 23.8 Å². The summed E-state index contributed by atoms with van der Waals surface area (Å²) in [6, 6.07) is 0. The highest BCUT2D eigenvalue weighted by Crippen LogP contribution is 2.43. The van der Waals surface area contributed by atoms with Gasteiger partial charge in [0, 0.05) is 18.8 Å². The molecule has 1 heterocycles. The van der Waals surface area contributed by atoms with Gasteiger partial charge in [0.15, 0.2) is 0 Å². The number of aryl methyl sites for hydroxylation is 1. The van der Waals surface area contributed by atoms with Gasteiger partial charge in [-0.2, -0.15) is 0 Å². The highest BCUT2D eigenvalue weighted by Gasteiger charge is 2.33. The molecule has 2 aliphatic carbocycles. The Morgan fingerprint density at radius 2 is 1.54 bits per heavy atom. The van der Waals surface area contributed by atoms with Crippen LogP contribution in [0.15, 0.2) is 12.4 Å². The fourth-order valence-corrected chi connectivity index (χ4v) is 5.60. The Morgan fingerprint density at radius 3 is 2.19 bits per heavy atom. The molecule has 0 aromatic carbocycles. The molecule has 0 amide bonds. The van der Waals surface area contributed by atoms with E-state index in [4.69, 9.17) is 0 Å². The molecule has 1 aromatic rings. The van der Waals surface area contributed by atoms with Crippen LogP contribution in [0.5, 0.6) is 0 Å². The van der Waals surface area contributed by atoms with Crippen LogP contribution in [-0.2, 0) is 6.42 Å². The Labute approximate surface area is 161 Å². The normalized spacial score (nSPS) is 25.9. The quantitative estimate of drug-likeness (QED) is 0.473. The predicted molar refractivity (Wildman–Crippen MR) is 110 cm³/mol. The van der Waals surface area contributed by atoms with Crippen molar-refractivity contribution in [1.82, 2.24) is 9.97 Å². The predicted octanol–water partition coefficient (Wildman–Crippen LogP) is 6.91. The average molecular weight is 357 g/mol. The molecule has 1 aromatic heterocycles. The molecule has 2 fully saturated rings. The SMILES string of the molecule is CCCCCC1CCC(C(Cc2ncc(C)cn2)C2CCCCC2)CC1. The van der Waals surface area contributed by atoms with Crippen LogP contribution in [0.25, 0.3) is 0 Å². The number of unbranched alkanes of at least 4 members (excludes halogenated alkanes) is 2. The second-order valence-electron chi connectivity index (χ2n) is 9.22. The molecule has 26 heavy (non-hydrogen) atoms. The Bertz CT molecular complexity index is 495. The highest BCUT2D eigenvalue weighted by molar-refractivity contribution is 5.03. The van der Waals surface area contributed by atoms with E-state index in [9.17, 15) is 0 Å². The topological polar surface area (TPSA) is 25.8 Å². The zero-order valence-electron chi connectivity index (χ0n) is 17.3. The van der Waals surface area contributed by atoms with Crippen molar-refractivity contribution in [1.29, 1.82) is 0 Å². The van der Waals surface area contributed by atoms with Crippen molar-refractivity contribution in [2.45, 2.75) is 104 Å². The van der Waals surface area contributed by atoms with Crippen LogP contribution < -0.4 is 0 Å². The van der Waals surface area contributed by atoms with Crippen molar-refractivity contribution in [2.75, 3.05) is 0 Å². The van der Waals surface area contributed by atoms with Gasteiger partial charge < -0.3 is 0 Å². The van der Waals surface area contributed by atoms with Crippen LogP contribution in [0.2, 0.25) is 0 Å². The third kappa shape index (κ3) is 5.79. The Morgan fingerprint density at radius 1 is 0.885 bits per heavy atom. The molecule has 1 unspecified atom stereocenters. The standard InChI is InChI=1S/C24H40N2/c1-3-4-6-9-20-12-14-22(15-13-20)23(21-10-7-5-8-11-21)16-24-25-17-19(2)18-26-24/h17-18,20-23H,3-16H2,1-2H3. The summed E-state index contributed by atoms with van der Waals surface area (Å²) in [4.78, 5) is 9.32. The number of aromatic nitrogens is 2. The van der Waals surface area contributed by atoms with Gasteiger partial charge in [-0.3, -0.25) is 0 Å². The lowest BCUT2D eigenvalue weighted by atomic mass is 9.66. The molecule has 146 valence electrons. The lowest BCUT2D eigenvalue weighted by molar-refractivity contribution is 0.121. The van der Waals surface area contributed by atoms with E-state index >= 15 is 0 Å². The summed E-state index contributed by atoms with van der Waals surface area (Å²) in [6.45, 7) is 4.40. The Balaban J connectivity index is 1.59. The van der Waals surface area contributed by atoms with Crippen LogP contribution in [0.4, 0.5) is 0 Å². The van der Waals surface area contributed by atoms with E-state index in [0.29, 0.717) is 0 Å². The molecule has 0 saturated heterocycles. The van der Waals surface area contributed by atoms with Gasteiger partial charge in [-0.1, -0.05) is 77.6 Å². The van der Waals surface area contributed by atoms with Crippen molar-refractivity contribution in [2.24, 2.45) is 23.7 Å². The van der Waals surface area contributed by atoms with Crippen molar-refractivity contribution in [3.63, 3.8) is 0 Å². The maximum Gasteiger partial charge on any atom is 0.128 e. The maximum absolute atomic E-state index is 4.66. The van der Waals surface area contributed by atoms with Gasteiger partial charge in [0.2, 0.25) is 0 Å². The molecule has 0 aliphatic heterocycles. The van der Waals surface area contributed by atoms with Crippen molar-refractivity contribution in [3.05, 3.63) is 23.8 Å². The summed E-state index contributed by atoms with van der Waals surface area (Å²) in [5.41, 5.74) is 1.18. The monoisotopic (exact) mass is 356 g/mol. The minimum absolute atomic E-state index is 0.828. The van der Waals surface area contributed by atoms with E-state index in [-0.39, 0.29) is 0 Å². The van der Waals surface area contributed by atoms with E-state index in [1.54, 1.807) is 0 Å². The molecule has 3 rings (SSSR count). The minimum Gasteiger partial charge on any atom is -0.241 e. The first-order chi connectivity index (χ1) is 12.8. The maximum atomic E-state index is 4.66. The van der Waals surface area contributed by atoms with Gasteiger partial charge in [0.25, 0.3) is 0 Å². The summed E-state index contributed by atoms with van der Waals surface area (Å²) < 4.78 is 0. The summed E-state index contributed by atoms with van der Waals surface area (Å²) in [5.74, 6) is 4.78. The van der Waals surface area contributed by atoms with Crippen LogP contribution in [0.1, 0.15) is 102 Å². The summed E-state index contributed by atoms with van der Waals surface area (Å²) >= 11 is 0. The van der Waals surface area contributed by atoms with Gasteiger partial charge in [0.05, 0.1) is 0 Å². The molecule has 2 heteroatoms. The Kier molecular flexibility index (Phi) is 7.95. The molecule has 2 saturated carbocycles. The molecule has 0 spiro atoms. The molecular formula is C24H40N2. The molecule has 2 nitrogen and oxygen atoms in total. The Hall–Kier alpha value is -0.920. The van der Waals surface area contributed by atoms with E-state index < -0.39 is 0 Å². The number of nitrogens with zero attached hydrogens (tertiary/aromatic N) is 2. The van der Waals surface area contributed by atoms with Crippen LogP contribution in [0.3, 0.4) is 0 Å². The highest BCUT2D eigenvalue weighted by atomic mass is 14.9. The smallest absolute Gasteiger partial charge is 0.128 e. The lowest BCUT2D eigenvalue weighted by Crippen LogP contribution is -2.31. The summed E-state index contributed by atoms with van der Waals surface area (Å²) in [5, 5.41) is 0. The minimum atomic E-state index is 0.828. The number of hydrogen-bond acceptors (Lipinski definition) is 2. The lowest BCUT2D eigenvalue weighted by Gasteiger charge is -2.39. The first kappa shape index (κ1) is 19.8. The molecule has 0 N–H and O–H groups in total. The molecular weight excluding hydrogens is 316 g/mol. The van der Waals surface area contributed by atoms with Gasteiger partial charge in [-0.05, 0) is 49.0 Å². The van der Waals surface area contributed by atoms with Crippen molar-refractivity contribution in [3.8, 4) is 0 Å². The zero-order chi connectivity index (χ0) is 18.2. The fourth-order valence-electron chi connectivity index (χ4n) is 5.60. The average Bonchev–Trinajstić information content (AvgIpc) is 2.69. The van der Waals surface area contributed by atoms with Gasteiger partial charge >= 0.3 is 0 Å². The largest absolute Gasteiger partial charge is 0.241 e. The number of hydrogen-bond donors (Lipinski definition) is 0. The van der Waals surface area contributed by atoms with Crippen LogP contribution in [0, 0.1) is 30.6 Å². The van der Waals surface area contributed by atoms with Crippen LogP contribution >= 0.6 is 0 Å². The number of rotatable bonds is 8. The fraction of sp³-hybridized carbons (Fsp3) is 0.833. The van der Waals surface area contributed by atoms with Crippen molar-refractivity contribution >= 4 is 0 Å². The van der Waals surface area contributed by atoms with Gasteiger partial charge in [-0.15, -0.1) is 0 Å². The van der Waals surface area contributed by atoms with Crippen LogP contribution in [-0.4, -0.2) is 9.97 Å². The zero-order valence-corrected chi connectivity index (χ0v) is 17.3. The third-order valence-electron chi connectivity index (χ3n) is 7.22. The molecule has 2 aliphatic rings. The van der Waals surface area contributed by atoms with E-state index in [0.717, 1.165) is 35.9 Å². The second kappa shape index (κ2) is 10.4. The van der Waals surface area contributed by atoms with Gasteiger partial charge in [0.1, 0.15) is 5.82 Å². The first-order valence-corrected chi connectivity index (χ1v) is 11.5. The molecule has 0 radical (unpaired) electrons. The second-order valence-corrected chi connectivity index (χ2v) is 9.22. The molecule has 1 atom stereocenters. The third-order valence-corrected chi connectivity index (χ3v) is 7.22. The first-order valence-electron chi connectivity index (χ1n) is 11.5.